The van der Waals surface area contributed by atoms with Crippen molar-refractivity contribution < 1.29 is 19.4 Å². The summed E-state index contributed by atoms with van der Waals surface area (Å²) < 4.78 is 7.38. The molecule has 0 fully saturated rings. The summed E-state index contributed by atoms with van der Waals surface area (Å²) in [6.45, 7) is 3.39. The van der Waals surface area contributed by atoms with E-state index in [1.807, 2.05) is 6.07 Å². The largest absolute Gasteiger partial charge is 0.504 e. The first-order chi connectivity index (χ1) is 10.1. The molecule has 0 unspecified atom stereocenters. The number of hydrogen-bond donors (Lipinski definition) is 1. The van der Waals surface area contributed by atoms with Gasteiger partial charge in [0.05, 0.1) is 16.8 Å². The highest BCUT2D eigenvalue weighted by atomic mass is 32.1. The Kier molecular flexibility index (Phi) is 3.17. The molecular formula is C15H13NO4S. The fourth-order valence-corrected chi connectivity index (χ4v) is 3.53. The Morgan fingerprint density at radius 3 is 2.81 bits per heavy atom. The molecule has 0 aromatic carbocycles. The van der Waals surface area contributed by atoms with Gasteiger partial charge in [0.1, 0.15) is 16.0 Å². The minimum Gasteiger partial charge on any atom is -0.504 e. The van der Waals surface area contributed by atoms with Crippen molar-refractivity contribution in [1.82, 2.24) is 4.40 Å². The van der Waals surface area contributed by atoms with Gasteiger partial charge < -0.3 is 14.2 Å². The van der Waals surface area contributed by atoms with Crippen molar-refractivity contribution in [2.45, 2.75) is 13.8 Å². The maximum atomic E-state index is 12.2. The van der Waals surface area contributed by atoms with Gasteiger partial charge in [0.25, 0.3) is 0 Å². The van der Waals surface area contributed by atoms with Crippen LogP contribution in [-0.2, 0) is 4.74 Å². The van der Waals surface area contributed by atoms with Crippen LogP contribution in [0.25, 0.3) is 15.7 Å². The third kappa shape index (κ3) is 1.91. The van der Waals surface area contributed by atoms with Crippen LogP contribution in [0.2, 0.25) is 0 Å². The molecule has 0 radical (unpaired) electrons. The molecule has 3 aromatic heterocycles. The third-order valence-electron chi connectivity index (χ3n) is 3.24. The van der Waals surface area contributed by atoms with Crippen molar-refractivity contribution in [3.8, 4) is 5.75 Å². The van der Waals surface area contributed by atoms with Gasteiger partial charge in [-0.05, 0) is 19.1 Å². The maximum Gasteiger partial charge on any atom is 0.341 e. The van der Waals surface area contributed by atoms with Crippen LogP contribution in [0.1, 0.15) is 33.9 Å². The summed E-state index contributed by atoms with van der Waals surface area (Å²) >= 11 is 1.12. The van der Waals surface area contributed by atoms with Crippen molar-refractivity contribution in [2.24, 2.45) is 0 Å². The molecule has 3 aromatic rings. The Hall–Kier alpha value is -2.34. The number of ketones is 1. The minimum atomic E-state index is -0.451. The predicted molar refractivity (Wildman–Crippen MR) is 80.4 cm³/mol. The van der Waals surface area contributed by atoms with Crippen LogP contribution in [0.3, 0.4) is 0 Å². The smallest absolute Gasteiger partial charge is 0.341 e. The van der Waals surface area contributed by atoms with Gasteiger partial charge >= 0.3 is 5.97 Å². The molecule has 108 valence electrons. The van der Waals surface area contributed by atoms with E-state index in [-0.39, 0.29) is 23.0 Å². The topological polar surface area (TPSA) is 68.0 Å². The first-order valence-corrected chi connectivity index (χ1v) is 7.30. The lowest BCUT2D eigenvalue weighted by Gasteiger charge is -2.01. The van der Waals surface area contributed by atoms with Gasteiger partial charge in [-0.2, -0.15) is 0 Å². The first-order valence-electron chi connectivity index (χ1n) is 6.48. The second-order valence-electron chi connectivity index (χ2n) is 4.57. The molecule has 0 saturated heterocycles. The minimum absolute atomic E-state index is 0.0840. The van der Waals surface area contributed by atoms with Crippen LogP contribution >= 0.6 is 11.3 Å². The number of aromatic hydroxyl groups is 1. The Bertz CT molecular complexity index is 875. The molecule has 0 aliphatic rings. The number of hydrogen-bond acceptors (Lipinski definition) is 5. The van der Waals surface area contributed by atoms with Crippen molar-refractivity contribution in [1.29, 1.82) is 0 Å². The van der Waals surface area contributed by atoms with E-state index in [0.29, 0.717) is 21.3 Å². The zero-order chi connectivity index (χ0) is 15.1. The molecule has 0 spiro atoms. The van der Waals surface area contributed by atoms with E-state index in [1.54, 1.807) is 29.7 Å². The molecule has 0 amide bonds. The average molecular weight is 303 g/mol. The van der Waals surface area contributed by atoms with E-state index in [0.717, 1.165) is 11.3 Å². The summed E-state index contributed by atoms with van der Waals surface area (Å²) in [5.74, 6) is -0.764. The number of esters is 1. The zero-order valence-electron chi connectivity index (χ0n) is 11.5. The van der Waals surface area contributed by atoms with Crippen LogP contribution in [-0.4, -0.2) is 27.9 Å². The zero-order valence-corrected chi connectivity index (χ0v) is 12.4. The Morgan fingerprint density at radius 1 is 1.38 bits per heavy atom. The van der Waals surface area contributed by atoms with Gasteiger partial charge in [0, 0.05) is 13.1 Å². The van der Waals surface area contributed by atoms with Gasteiger partial charge in [0.2, 0.25) is 0 Å². The van der Waals surface area contributed by atoms with E-state index in [1.165, 1.54) is 6.92 Å². The van der Waals surface area contributed by atoms with Gasteiger partial charge in [-0.25, -0.2) is 4.79 Å². The molecule has 3 rings (SSSR count). The number of thiophene rings is 1. The highest BCUT2D eigenvalue weighted by molar-refractivity contribution is 7.21. The van der Waals surface area contributed by atoms with Crippen molar-refractivity contribution >= 4 is 38.8 Å². The molecule has 1 N–H and O–H groups in total. The van der Waals surface area contributed by atoms with Crippen molar-refractivity contribution in [3.05, 3.63) is 34.8 Å². The van der Waals surface area contributed by atoms with E-state index in [4.69, 9.17) is 4.74 Å². The second kappa shape index (κ2) is 4.89. The van der Waals surface area contributed by atoms with Gasteiger partial charge in [-0.15, -0.1) is 11.3 Å². The van der Waals surface area contributed by atoms with Gasteiger partial charge in [0.15, 0.2) is 11.5 Å². The Balaban J connectivity index is 2.44. The van der Waals surface area contributed by atoms with E-state index in [9.17, 15) is 14.7 Å². The van der Waals surface area contributed by atoms with E-state index >= 15 is 0 Å². The Morgan fingerprint density at radius 2 is 2.14 bits per heavy atom. The first kappa shape index (κ1) is 13.6. The molecule has 0 atom stereocenters. The summed E-state index contributed by atoms with van der Waals surface area (Å²) in [5, 5.41) is 10.3. The van der Waals surface area contributed by atoms with Crippen LogP contribution in [0.15, 0.2) is 24.4 Å². The number of rotatable bonds is 3. The number of aromatic nitrogens is 1. The summed E-state index contributed by atoms with van der Waals surface area (Å²) in [7, 11) is 0. The maximum absolute atomic E-state index is 12.2. The average Bonchev–Trinajstić information content (AvgIpc) is 2.94. The predicted octanol–water partition coefficient (Wildman–Crippen LogP) is 3.24. The van der Waals surface area contributed by atoms with E-state index in [2.05, 4.69) is 0 Å². The quantitative estimate of drug-likeness (QED) is 0.596. The second-order valence-corrected chi connectivity index (χ2v) is 5.59. The molecule has 5 nitrogen and oxygen atoms in total. The highest BCUT2D eigenvalue weighted by Gasteiger charge is 2.26. The monoisotopic (exact) mass is 303 g/mol. The molecule has 21 heavy (non-hydrogen) atoms. The fraction of sp³-hybridized carbons (Fsp3) is 0.200. The molecule has 0 saturated carbocycles. The lowest BCUT2D eigenvalue weighted by Crippen LogP contribution is -2.04. The SMILES string of the molecule is CCOC(=O)c1c2sc(C(C)=O)c(O)c2n2ccccc12. The fourth-order valence-electron chi connectivity index (χ4n) is 2.40. The highest BCUT2D eigenvalue weighted by Crippen LogP contribution is 2.42. The van der Waals surface area contributed by atoms with Crippen LogP contribution in [0.4, 0.5) is 0 Å². The lowest BCUT2D eigenvalue weighted by atomic mass is 10.2. The van der Waals surface area contributed by atoms with E-state index < -0.39 is 5.97 Å². The summed E-state index contributed by atoms with van der Waals surface area (Å²) in [4.78, 5) is 24.1. The summed E-state index contributed by atoms with van der Waals surface area (Å²) in [6, 6.07) is 5.39. The molecule has 6 heteroatoms. The lowest BCUT2D eigenvalue weighted by molar-refractivity contribution is 0.0531. The summed E-state index contributed by atoms with van der Waals surface area (Å²) in [6.07, 6.45) is 1.75. The Labute approximate surface area is 124 Å². The standard InChI is InChI=1S/C15H13NO4S/c1-3-20-15(19)10-9-6-4-5-7-16(9)11-12(18)13(8(2)17)21-14(10)11/h4-7,18H,3H2,1-2H3. The number of pyridine rings is 1. The molecule has 0 bridgehead atoms. The number of carbonyl (C=O) groups is 2. The number of fused-ring (bicyclic) bond motifs is 3. The van der Waals surface area contributed by atoms with Crippen LogP contribution < -0.4 is 0 Å². The normalized spacial score (nSPS) is 11.1. The van der Waals surface area contributed by atoms with Crippen molar-refractivity contribution in [3.63, 3.8) is 0 Å². The van der Waals surface area contributed by atoms with Crippen LogP contribution in [0.5, 0.6) is 5.75 Å². The summed E-state index contributed by atoms with van der Waals surface area (Å²) in [5.41, 5.74) is 1.52. The molecule has 0 aliphatic carbocycles. The number of carbonyl (C=O) groups excluding carboxylic acids is 2. The van der Waals surface area contributed by atoms with Gasteiger partial charge in [-0.3, -0.25) is 4.79 Å². The molecular weight excluding hydrogens is 290 g/mol. The number of Topliss-reactive ketones (excluding diaryl/α,β-unsaturated/α-hetero) is 1. The third-order valence-corrected chi connectivity index (χ3v) is 4.53. The molecule has 3 heterocycles. The number of ether oxygens (including phenoxy) is 1. The molecule has 0 aliphatic heterocycles. The van der Waals surface area contributed by atoms with Crippen LogP contribution in [0, 0.1) is 0 Å². The number of nitrogens with zero attached hydrogens (tertiary/aromatic N) is 1. The van der Waals surface area contributed by atoms with Crippen molar-refractivity contribution in [2.75, 3.05) is 6.61 Å². The van der Waals surface area contributed by atoms with Gasteiger partial charge in [-0.1, -0.05) is 6.07 Å².